The van der Waals surface area contributed by atoms with Gasteiger partial charge >= 0.3 is 0 Å². The Balaban J connectivity index is 1.18. The highest BCUT2D eigenvalue weighted by molar-refractivity contribution is 5.27. The molecule has 4 rings (SSSR count). The van der Waals surface area contributed by atoms with Crippen LogP contribution < -0.4 is 0 Å². The summed E-state index contributed by atoms with van der Waals surface area (Å²) in [6.45, 7) is 7.32. The quantitative estimate of drug-likeness (QED) is 0.392. The molecule has 9 nitrogen and oxygen atoms in total. The van der Waals surface area contributed by atoms with Gasteiger partial charge < -0.3 is 30.1 Å². The number of aliphatic hydroxyl groups is 4. The maximum Gasteiger partial charge on any atom is 0.180 e. The first kappa shape index (κ1) is 26.2. The molecule has 0 bridgehead atoms. The second kappa shape index (κ2) is 11.9. The number of aliphatic hydroxyl groups excluding tert-OH is 4. The number of hydrogen-bond donors (Lipinski definition) is 4. The number of piperidine rings is 1. The lowest BCUT2D eigenvalue weighted by Crippen LogP contribution is -2.56. The van der Waals surface area contributed by atoms with E-state index in [0.29, 0.717) is 11.8 Å². The molecule has 3 heterocycles. The van der Waals surface area contributed by atoms with Crippen molar-refractivity contribution in [2.45, 2.75) is 88.4 Å². The van der Waals surface area contributed by atoms with Gasteiger partial charge in [0.05, 0.1) is 18.5 Å². The van der Waals surface area contributed by atoms with E-state index in [4.69, 9.17) is 4.74 Å². The number of nitrogens with zero attached hydrogens (tertiary/aromatic N) is 4. The fraction of sp³-hybridized carbons (Fsp3) is 0.692. The molecule has 0 saturated carbocycles. The maximum absolute atomic E-state index is 10.3. The van der Waals surface area contributed by atoms with Crippen LogP contribution in [0.4, 0.5) is 0 Å². The molecule has 2 aliphatic heterocycles. The molecule has 2 fully saturated rings. The number of benzene rings is 1. The standard InChI is InChI=1S/C26H40N4O5/c1-17(2)18-6-8-19(9-7-18)20-10-13-29(14-11-20)12-4-3-5-21-15-30(28-27-21)26-25(34)24(33)23(32)22(16-31)35-26/h6-9,15,17,20,22-26,31-34H,3-5,10-14,16H2,1-2H3/t22-,23-,24+,25-,26?/m1/s1. The van der Waals surface area contributed by atoms with Crippen molar-refractivity contribution in [2.75, 3.05) is 26.2 Å². The third-order valence-electron chi connectivity index (χ3n) is 7.50. The van der Waals surface area contributed by atoms with Crippen molar-refractivity contribution < 1.29 is 25.2 Å². The summed E-state index contributed by atoms with van der Waals surface area (Å²) in [6.07, 6.45) is 0.765. The van der Waals surface area contributed by atoms with Gasteiger partial charge in [0.2, 0.25) is 0 Å². The van der Waals surface area contributed by atoms with Crippen LogP contribution in [0.3, 0.4) is 0 Å². The Morgan fingerprint density at radius 2 is 1.71 bits per heavy atom. The predicted molar refractivity (Wildman–Crippen MR) is 131 cm³/mol. The van der Waals surface area contributed by atoms with Crippen LogP contribution in [-0.2, 0) is 11.2 Å². The Bertz CT molecular complexity index is 911. The van der Waals surface area contributed by atoms with Crippen LogP contribution in [0.5, 0.6) is 0 Å². The molecular formula is C26H40N4O5. The summed E-state index contributed by atoms with van der Waals surface area (Å²) in [7, 11) is 0. The monoisotopic (exact) mass is 488 g/mol. The minimum atomic E-state index is -1.43. The normalized spacial score (nSPS) is 28.6. The van der Waals surface area contributed by atoms with E-state index in [1.807, 2.05) is 0 Å². The highest BCUT2D eigenvalue weighted by atomic mass is 16.6. The average molecular weight is 489 g/mol. The van der Waals surface area contributed by atoms with E-state index < -0.39 is 37.3 Å². The van der Waals surface area contributed by atoms with E-state index in [9.17, 15) is 20.4 Å². The van der Waals surface area contributed by atoms with Crippen LogP contribution in [0.15, 0.2) is 30.5 Å². The van der Waals surface area contributed by atoms with E-state index in [2.05, 4.69) is 53.3 Å². The largest absolute Gasteiger partial charge is 0.394 e. The Kier molecular flexibility index (Phi) is 8.91. The first-order chi connectivity index (χ1) is 16.9. The van der Waals surface area contributed by atoms with Gasteiger partial charge in [-0.05, 0) is 74.7 Å². The molecule has 9 heteroatoms. The lowest BCUT2D eigenvalue weighted by molar-refractivity contribution is -0.254. The summed E-state index contributed by atoms with van der Waals surface area (Å²) in [5, 5.41) is 47.7. The van der Waals surface area contributed by atoms with Gasteiger partial charge in [0.25, 0.3) is 0 Å². The van der Waals surface area contributed by atoms with Crippen molar-refractivity contribution >= 4 is 0 Å². The van der Waals surface area contributed by atoms with Crippen molar-refractivity contribution in [1.82, 2.24) is 19.9 Å². The summed E-state index contributed by atoms with van der Waals surface area (Å²) < 4.78 is 6.89. The number of likely N-dealkylation sites (tertiary alicyclic amines) is 1. The first-order valence-electron chi connectivity index (χ1n) is 12.9. The average Bonchev–Trinajstić information content (AvgIpc) is 3.34. The topological polar surface area (TPSA) is 124 Å². The van der Waals surface area contributed by atoms with Gasteiger partial charge in [-0.1, -0.05) is 43.3 Å². The van der Waals surface area contributed by atoms with Gasteiger partial charge in [-0.15, -0.1) is 5.10 Å². The van der Waals surface area contributed by atoms with E-state index in [1.165, 1.54) is 28.7 Å². The Morgan fingerprint density at radius 1 is 1.00 bits per heavy atom. The summed E-state index contributed by atoms with van der Waals surface area (Å²) in [6, 6.07) is 9.18. The van der Waals surface area contributed by atoms with E-state index in [0.717, 1.165) is 44.6 Å². The highest BCUT2D eigenvalue weighted by Crippen LogP contribution is 2.30. The molecule has 1 unspecified atom stereocenters. The van der Waals surface area contributed by atoms with E-state index >= 15 is 0 Å². The summed E-state index contributed by atoms with van der Waals surface area (Å²) in [5.41, 5.74) is 3.65. The fourth-order valence-corrected chi connectivity index (χ4v) is 5.14. The van der Waals surface area contributed by atoms with Gasteiger partial charge in [-0.2, -0.15) is 0 Å². The van der Waals surface area contributed by atoms with Crippen molar-refractivity contribution in [2.24, 2.45) is 0 Å². The Morgan fingerprint density at radius 3 is 2.37 bits per heavy atom. The summed E-state index contributed by atoms with van der Waals surface area (Å²) in [4.78, 5) is 2.55. The molecule has 4 N–H and O–H groups in total. The van der Waals surface area contributed by atoms with Crippen LogP contribution in [0.25, 0.3) is 0 Å². The third-order valence-corrected chi connectivity index (χ3v) is 7.50. The Labute approximate surface area is 207 Å². The highest BCUT2D eigenvalue weighted by Gasteiger charge is 2.44. The number of aryl methyl sites for hydroxylation is 1. The first-order valence-corrected chi connectivity index (χ1v) is 12.9. The van der Waals surface area contributed by atoms with Gasteiger partial charge in [0.15, 0.2) is 6.23 Å². The van der Waals surface area contributed by atoms with Gasteiger partial charge in [0.1, 0.15) is 24.4 Å². The molecule has 2 aromatic rings. The van der Waals surface area contributed by atoms with E-state index in [-0.39, 0.29) is 0 Å². The zero-order valence-electron chi connectivity index (χ0n) is 20.8. The minimum Gasteiger partial charge on any atom is -0.394 e. The molecule has 0 radical (unpaired) electrons. The lowest BCUT2D eigenvalue weighted by Gasteiger charge is -2.39. The van der Waals surface area contributed by atoms with Gasteiger partial charge in [-0.25, -0.2) is 4.68 Å². The zero-order chi connectivity index (χ0) is 24.9. The number of rotatable bonds is 9. The molecular weight excluding hydrogens is 448 g/mol. The molecule has 0 amide bonds. The number of aromatic nitrogens is 3. The second-order valence-corrected chi connectivity index (χ2v) is 10.3. The van der Waals surface area contributed by atoms with Crippen LogP contribution in [0.1, 0.15) is 74.4 Å². The fourth-order valence-electron chi connectivity index (χ4n) is 5.14. The molecule has 1 aromatic carbocycles. The van der Waals surface area contributed by atoms with Gasteiger partial charge in [0, 0.05) is 0 Å². The summed E-state index contributed by atoms with van der Waals surface area (Å²) >= 11 is 0. The predicted octanol–water partition coefficient (Wildman–Crippen LogP) is 1.58. The molecule has 194 valence electrons. The molecule has 2 saturated heterocycles. The molecule has 0 spiro atoms. The van der Waals surface area contributed by atoms with Crippen molar-refractivity contribution in [3.05, 3.63) is 47.3 Å². The second-order valence-electron chi connectivity index (χ2n) is 10.3. The maximum atomic E-state index is 10.3. The number of hydrogen-bond acceptors (Lipinski definition) is 8. The van der Waals surface area contributed by atoms with Crippen molar-refractivity contribution in [3.8, 4) is 0 Å². The van der Waals surface area contributed by atoms with E-state index in [1.54, 1.807) is 6.20 Å². The summed E-state index contributed by atoms with van der Waals surface area (Å²) in [5.74, 6) is 1.23. The smallest absolute Gasteiger partial charge is 0.180 e. The van der Waals surface area contributed by atoms with Crippen molar-refractivity contribution in [3.63, 3.8) is 0 Å². The SMILES string of the molecule is CC(C)c1ccc(C2CCN(CCCCc3cn(C4O[C@H](CO)[C@@H](O)[C@H](O)[C@H]4O)nn3)CC2)cc1. The molecule has 1 aromatic heterocycles. The number of ether oxygens (including phenoxy) is 1. The third kappa shape index (κ3) is 6.28. The Hall–Kier alpha value is -1.88. The zero-order valence-corrected chi connectivity index (χ0v) is 20.8. The van der Waals surface area contributed by atoms with Crippen LogP contribution in [0, 0.1) is 0 Å². The minimum absolute atomic E-state index is 0.468. The molecule has 2 aliphatic rings. The van der Waals surface area contributed by atoms with Gasteiger partial charge in [-0.3, -0.25) is 0 Å². The van der Waals surface area contributed by atoms with Crippen LogP contribution in [-0.4, -0.2) is 91.0 Å². The molecule has 5 atom stereocenters. The van der Waals surface area contributed by atoms with Crippen molar-refractivity contribution in [1.29, 1.82) is 0 Å². The molecule has 0 aliphatic carbocycles. The number of unbranched alkanes of at least 4 members (excludes halogenated alkanes) is 1. The lowest BCUT2D eigenvalue weighted by atomic mass is 9.88. The van der Waals surface area contributed by atoms with Crippen LogP contribution in [0.2, 0.25) is 0 Å². The molecule has 35 heavy (non-hydrogen) atoms. The van der Waals surface area contributed by atoms with Crippen LogP contribution >= 0.6 is 0 Å².